The molecule has 5 heteroatoms. The molecule has 0 amide bonds. The van der Waals surface area contributed by atoms with Crippen molar-refractivity contribution in [3.63, 3.8) is 0 Å². The Hall–Kier alpha value is -2.14. The third-order valence-corrected chi connectivity index (χ3v) is 4.83. The summed E-state index contributed by atoms with van der Waals surface area (Å²) < 4.78 is 1.45. The van der Waals surface area contributed by atoms with Crippen molar-refractivity contribution in [2.75, 3.05) is 13.1 Å². The molecule has 1 saturated carbocycles. The normalized spacial score (nSPS) is 20.0. The first-order valence-electron chi connectivity index (χ1n) is 7.28. The summed E-state index contributed by atoms with van der Waals surface area (Å²) in [5, 5.41) is 3.35. The lowest BCUT2D eigenvalue weighted by molar-refractivity contribution is 0.0363. The Bertz CT molecular complexity index is 776. The van der Waals surface area contributed by atoms with Gasteiger partial charge < -0.3 is 5.32 Å². The summed E-state index contributed by atoms with van der Waals surface area (Å²) in [6, 6.07) is 9.43. The highest BCUT2D eigenvalue weighted by Gasteiger charge is 2.48. The summed E-state index contributed by atoms with van der Waals surface area (Å²) in [7, 11) is 0. The third-order valence-electron chi connectivity index (χ3n) is 4.83. The molecule has 1 aliphatic heterocycles. The molecule has 4 rings (SSSR count). The van der Waals surface area contributed by atoms with Gasteiger partial charge in [0.05, 0.1) is 5.69 Å². The molecule has 2 aromatic rings. The molecule has 5 nitrogen and oxygen atoms in total. The SMILES string of the molecule is O=c1ccn(-c2ccc(C3CC4(CNC4)C3)cc2)c(=O)[nH]1. The average Bonchev–Trinajstić information content (AvgIpc) is 2.36. The lowest BCUT2D eigenvalue weighted by atomic mass is 9.57. The summed E-state index contributed by atoms with van der Waals surface area (Å²) in [4.78, 5) is 25.1. The lowest BCUT2D eigenvalue weighted by Crippen LogP contribution is -2.59. The van der Waals surface area contributed by atoms with Gasteiger partial charge in [-0.15, -0.1) is 0 Å². The Morgan fingerprint density at radius 1 is 1.05 bits per heavy atom. The molecule has 1 saturated heterocycles. The Labute approximate surface area is 121 Å². The number of H-pyrrole nitrogens is 1. The predicted octanol–water partition coefficient (Wildman–Crippen LogP) is 0.993. The summed E-state index contributed by atoms with van der Waals surface area (Å²) in [5.41, 5.74) is 1.91. The Balaban J connectivity index is 1.56. The minimum Gasteiger partial charge on any atom is -0.316 e. The maximum absolute atomic E-state index is 11.8. The zero-order chi connectivity index (χ0) is 14.4. The van der Waals surface area contributed by atoms with Crippen LogP contribution in [0.3, 0.4) is 0 Å². The number of nitrogens with zero attached hydrogens (tertiary/aromatic N) is 1. The molecule has 2 aliphatic rings. The van der Waals surface area contributed by atoms with Crippen LogP contribution in [-0.2, 0) is 0 Å². The van der Waals surface area contributed by atoms with Gasteiger partial charge in [0, 0.05) is 25.4 Å². The van der Waals surface area contributed by atoms with Gasteiger partial charge in [-0.05, 0) is 41.9 Å². The molecule has 1 spiro atoms. The van der Waals surface area contributed by atoms with E-state index in [2.05, 4.69) is 22.4 Å². The quantitative estimate of drug-likeness (QED) is 0.864. The number of nitrogens with one attached hydrogen (secondary N) is 2. The summed E-state index contributed by atoms with van der Waals surface area (Å²) in [6.07, 6.45) is 4.03. The van der Waals surface area contributed by atoms with Crippen molar-refractivity contribution < 1.29 is 0 Å². The van der Waals surface area contributed by atoms with E-state index in [1.54, 1.807) is 0 Å². The molecule has 1 aromatic heterocycles. The molecule has 1 aromatic carbocycles. The van der Waals surface area contributed by atoms with Crippen LogP contribution in [0.25, 0.3) is 5.69 Å². The van der Waals surface area contributed by atoms with Crippen LogP contribution < -0.4 is 16.6 Å². The van der Waals surface area contributed by atoms with Gasteiger partial charge in [-0.2, -0.15) is 0 Å². The van der Waals surface area contributed by atoms with Crippen LogP contribution in [0.4, 0.5) is 0 Å². The largest absolute Gasteiger partial charge is 0.332 e. The summed E-state index contributed by atoms with van der Waals surface area (Å²) in [6.45, 7) is 2.32. The second-order valence-electron chi connectivity index (χ2n) is 6.28. The zero-order valence-corrected chi connectivity index (χ0v) is 11.6. The van der Waals surface area contributed by atoms with Gasteiger partial charge in [-0.3, -0.25) is 14.3 Å². The van der Waals surface area contributed by atoms with Gasteiger partial charge in [0.2, 0.25) is 0 Å². The smallest absolute Gasteiger partial charge is 0.316 e. The molecular weight excluding hydrogens is 266 g/mol. The topological polar surface area (TPSA) is 66.9 Å². The fourth-order valence-electron chi connectivity index (χ4n) is 3.52. The second kappa shape index (κ2) is 4.43. The number of rotatable bonds is 2. The van der Waals surface area contributed by atoms with Crippen molar-refractivity contribution in [1.82, 2.24) is 14.9 Å². The van der Waals surface area contributed by atoms with E-state index >= 15 is 0 Å². The van der Waals surface area contributed by atoms with E-state index in [-0.39, 0.29) is 5.56 Å². The lowest BCUT2D eigenvalue weighted by Gasteiger charge is -2.54. The molecule has 2 N–H and O–H groups in total. The monoisotopic (exact) mass is 283 g/mol. The third kappa shape index (κ3) is 2.05. The molecular formula is C16H17N3O2. The molecule has 0 radical (unpaired) electrons. The van der Waals surface area contributed by atoms with Crippen LogP contribution >= 0.6 is 0 Å². The number of aromatic nitrogens is 2. The molecule has 1 aliphatic carbocycles. The van der Waals surface area contributed by atoms with Gasteiger partial charge in [-0.1, -0.05) is 12.1 Å². The van der Waals surface area contributed by atoms with E-state index in [9.17, 15) is 9.59 Å². The van der Waals surface area contributed by atoms with Crippen LogP contribution in [-0.4, -0.2) is 22.6 Å². The van der Waals surface area contributed by atoms with E-state index in [0.717, 1.165) is 18.8 Å². The molecule has 21 heavy (non-hydrogen) atoms. The van der Waals surface area contributed by atoms with Crippen LogP contribution in [0.5, 0.6) is 0 Å². The number of benzene rings is 1. The first kappa shape index (κ1) is 12.6. The molecule has 0 atom stereocenters. The Morgan fingerprint density at radius 3 is 2.33 bits per heavy atom. The van der Waals surface area contributed by atoms with E-state index < -0.39 is 5.69 Å². The zero-order valence-electron chi connectivity index (χ0n) is 11.6. The molecule has 2 fully saturated rings. The highest BCUT2D eigenvalue weighted by molar-refractivity contribution is 5.37. The van der Waals surface area contributed by atoms with Gasteiger partial charge >= 0.3 is 5.69 Å². The van der Waals surface area contributed by atoms with Crippen molar-refractivity contribution in [3.8, 4) is 5.69 Å². The van der Waals surface area contributed by atoms with E-state index in [1.807, 2.05) is 12.1 Å². The first-order valence-corrected chi connectivity index (χ1v) is 7.28. The number of aromatic amines is 1. The van der Waals surface area contributed by atoms with Crippen molar-refractivity contribution in [2.45, 2.75) is 18.8 Å². The maximum Gasteiger partial charge on any atom is 0.332 e. The molecule has 0 unspecified atom stereocenters. The van der Waals surface area contributed by atoms with Crippen molar-refractivity contribution in [2.24, 2.45) is 5.41 Å². The van der Waals surface area contributed by atoms with Gasteiger partial charge in [0.25, 0.3) is 5.56 Å². The molecule has 2 heterocycles. The van der Waals surface area contributed by atoms with Crippen molar-refractivity contribution >= 4 is 0 Å². The number of hydrogen-bond acceptors (Lipinski definition) is 3. The van der Waals surface area contributed by atoms with Crippen LogP contribution in [0.1, 0.15) is 24.3 Å². The second-order valence-corrected chi connectivity index (χ2v) is 6.28. The average molecular weight is 283 g/mol. The molecule has 108 valence electrons. The first-order chi connectivity index (χ1) is 10.2. The predicted molar refractivity (Wildman–Crippen MR) is 79.9 cm³/mol. The maximum atomic E-state index is 11.8. The Kier molecular flexibility index (Phi) is 2.65. The fourth-order valence-corrected chi connectivity index (χ4v) is 3.52. The minimum absolute atomic E-state index is 0.373. The van der Waals surface area contributed by atoms with Crippen LogP contribution in [0.2, 0.25) is 0 Å². The highest BCUT2D eigenvalue weighted by atomic mass is 16.2. The summed E-state index contributed by atoms with van der Waals surface area (Å²) in [5.74, 6) is 0.647. The van der Waals surface area contributed by atoms with Crippen molar-refractivity contribution in [3.05, 3.63) is 62.9 Å². The van der Waals surface area contributed by atoms with Crippen molar-refractivity contribution in [1.29, 1.82) is 0 Å². The van der Waals surface area contributed by atoms with E-state index in [0.29, 0.717) is 11.3 Å². The van der Waals surface area contributed by atoms with Crippen LogP contribution in [0, 0.1) is 5.41 Å². The van der Waals surface area contributed by atoms with Crippen LogP contribution in [0.15, 0.2) is 46.1 Å². The summed E-state index contributed by atoms with van der Waals surface area (Å²) >= 11 is 0. The van der Waals surface area contributed by atoms with E-state index in [4.69, 9.17) is 0 Å². The highest BCUT2D eigenvalue weighted by Crippen LogP contribution is 2.53. The van der Waals surface area contributed by atoms with Gasteiger partial charge in [0.1, 0.15) is 0 Å². The molecule has 0 bridgehead atoms. The fraction of sp³-hybridized carbons (Fsp3) is 0.375. The Morgan fingerprint density at radius 2 is 1.76 bits per heavy atom. The standard InChI is InChI=1S/C16H17N3O2/c20-14-5-6-19(15(21)18-14)13-3-1-11(2-4-13)12-7-16(8-12)9-17-10-16/h1-6,12,17H,7-10H2,(H,18,20,21). The number of hydrogen-bond donors (Lipinski definition) is 2. The van der Waals surface area contributed by atoms with Gasteiger partial charge in [0.15, 0.2) is 0 Å². The van der Waals surface area contributed by atoms with E-state index in [1.165, 1.54) is 35.2 Å². The minimum atomic E-state index is -0.404. The van der Waals surface area contributed by atoms with Gasteiger partial charge in [-0.25, -0.2) is 4.79 Å².